The number of likely N-dealkylation sites (N-methyl/N-ethyl adjacent to an activating group) is 1. The minimum atomic E-state index is -1.48. The highest BCUT2D eigenvalue weighted by molar-refractivity contribution is 7.90. The van der Waals surface area contributed by atoms with E-state index in [1.807, 2.05) is 11.9 Å². The van der Waals surface area contributed by atoms with E-state index in [4.69, 9.17) is 21.1 Å². The second-order valence-corrected chi connectivity index (χ2v) is 7.54. The number of rotatable bonds is 1. The third kappa shape index (κ3) is 2.22. The van der Waals surface area contributed by atoms with Gasteiger partial charge in [0.1, 0.15) is 17.2 Å². The van der Waals surface area contributed by atoms with Gasteiger partial charge >= 0.3 is 5.16 Å². The monoisotopic (exact) mass is 372 g/mol. The van der Waals surface area contributed by atoms with E-state index < -0.39 is 17.0 Å². The number of hydrogen-bond donors (Lipinski definition) is 0. The summed E-state index contributed by atoms with van der Waals surface area (Å²) in [5, 5.41) is 0.0342. The van der Waals surface area contributed by atoms with Gasteiger partial charge in [-0.1, -0.05) is 11.6 Å². The highest BCUT2D eigenvalue weighted by Gasteiger charge is 2.45. The maximum Gasteiger partial charge on any atom is 0.345 e. The van der Waals surface area contributed by atoms with Gasteiger partial charge in [0.2, 0.25) is 5.88 Å². The second-order valence-electron chi connectivity index (χ2n) is 5.90. The summed E-state index contributed by atoms with van der Waals surface area (Å²) in [7, 11) is 1.86. The number of anilines is 1. The Kier molecular flexibility index (Phi) is 3.72. The van der Waals surface area contributed by atoms with Gasteiger partial charge in [-0.05, 0) is 0 Å². The van der Waals surface area contributed by atoms with Crippen LogP contribution in [0, 0.1) is 5.82 Å². The van der Waals surface area contributed by atoms with Crippen molar-refractivity contribution in [2.24, 2.45) is 0 Å². The molecule has 0 amide bonds. The van der Waals surface area contributed by atoms with E-state index in [2.05, 4.69) is 15.0 Å². The first kappa shape index (κ1) is 16.1. The predicted molar refractivity (Wildman–Crippen MR) is 86.7 cm³/mol. The maximum absolute atomic E-state index is 14.5. The molecule has 2 aromatic heterocycles. The summed E-state index contributed by atoms with van der Waals surface area (Å²) in [6.07, 6.45) is 2.13. The lowest BCUT2D eigenvalue weighted by Gasteiger charge is -2.49. The molecule has 7 nitrogen and oxygen atoms in total. The quantitative estimate of drug-likeness (QED) is 0.426. The molecule has 0 bridgehead atoms. The standard InChI is InChI=1S/C14H14ClFN4O3S/c1-20-11-7-9(17-13(19-11)24(2)21)8(16)10(15)18-12(7)23-4-3-14(20)5-22-6-14/h3-6H2,1-2H3. The largest absolute Gasteiger partial charge is 0.609 e. The van der Waals surface area contributed by atoms with Crippen LogP contribution in [0.25, 0.3) is 10.9 Å². The van der Waals surface area contributed by atoms with Crippen molar-refractivity contribution in [2.75, 3.05) is 38.0 Å². The Hall–Kier alpha value is -1.42. The van der Waals surface area contributed by atoms with E-state index >= 15 is 0 Å². The van der Waals surface area contributed by atoms with Gasteiger partial charge in [0, 0.05) is 24.6 Å². The van der Waals surface area contributed by atoms with Gasteiger partial charge in [0.15, 0.2) is 16.8 Å². The van der Waals surface area contributed by atoms with Crippen molar-refractivity contribution in [3.05, 3.63) is 11.0 Å². The topological polar surface area (TPSA) is 83.4 Å². The summed E-state index contributed by atoms with van der Waals surface area (Å²) in [6, 6.07) is 0. The zero-order valence-corrected chi connectivity index (χ0v) is 14.6. The number of nitrogens with zero attached hydrogens (tertiary/aromatic N) is 4. The van der Waals surface area contributed by atoms with Crippen molar-refractivity contribution in [1.29, 1.82) is 0 Å². The molecule has 1 fully saturated rings. The van der Waals surface area contributed by atoms with Gasteiger partial charge < -0.3 is 18.9 Å². The van der Waals surface area contributed by atoms with Gasteiger partial charge in [-0.3, -0.25) is 0 Å². The molecule has 1 spiro atoms. The smallest absolute Gasteiger partial charge is 0.345 e. The van der Waals surface area contributed by atoms with Crippen LogP contribution in [0.15, 0.2) is 5.16 Å². The van der Waals surface area contributed by atoms with E-state index in [0.717, 1.165) is 0 Å². The molecule has 0 radical (unpaired) electrons. The molecular formula is C14H14ClFN4O3S. The molecule has 2 aliphatic heterocycles. The summed E-state index contributed by atoms with van der Waals surface area (Å²) in [4.78, 5) is 14.4. The molecule has 128 valence electrons. The molecule has 0 aliphatic carbocycles. The van der Waals surface area contributed by atoms with Gasteiger partial charge in [0.05, 0.1) is 25.4 Å². The lowest BCUT2D eigenvalue weighted by atomic mass is 9.91. The Bertz CT molecular complexity index is 834. The van der Waals surface area contributed by atoms with Crippen LogP contribution in [-0.2, 0) is 15.9 Å². The zero-order chi connectivity index (χ0) is 17.1. The first-order chi connectivity index (χ1) is 11.4. The van der Waals surface area contributed by atoms with Crippen molar-refractivity contribution in [3.63, 3.8) is 0 Å². The minimum absolute atomic E-state index is 0.0347. The average Bonchev–Trinajstić information content (AvgIpc) is 2.51. The summed E-state index contributed by atoms with van der Waals surface area (Å²) in [6.45, 7) is 1.42. The van der Waals surface area contributed by atoms with Crippen LogP contribution in [0.4, 0.5) is 10.2 Å². The van der Waals surface area contributed by atoms with Crippen molar-refractivity contribution in [3.8, 4) is 5.88 Å². The first-order valence-corrected chi connectivity index (χ1v) is 9.21. The van der Waals surface area contributed by atoms with Crippen LogP contribution in [0.1, 0.15) is 6.42 Å². The van der Waals surface area contributed by atoms with E-state index in [9.17, 15) is 8.94 Å². The van der Waals surface area contributed by atoms with Crippen LogP contribution in [0.5, 0.6) is 5.88 Å². The highest BCUT2D eigenvalue weighted by Crippen LogP contribution is 2.41. The average molecular weight is 373 g/mol. The van der Waals surface area contributed by atoms with E-state index in [1.165, 1.54) is 6.26 Å². The number of pyridine rings is 1. The number of ether oxygens (including phenoxy) is 2. The molecule has 10 heteroatoms. The third-order valence-electron chi connectivity index (χ3n) is 4.51. The normalized spacial score (nSPS) is 20.3. The lowest BCUT2D eigenvalue weighted by Crippen LogP contribution is -2.62. The minimum Gasteiger partial charge on any atom is -0.609 e. The molecule has 0 N–H and O–H groups in total. The molecule has 1 atom stereocenters. The van der Waals surface area contributed by atoms with Crippen LogP contribution in [0.3, 0.4) is 0 Å². The SMILES string of the molecule is CN1c2nc([S+](C)[O-])nc3c(F)c(Cl)nc(c23)OCCC12COC2. The van der Waals surface area contributed by atoms with Crippen molar-refractivity contribution >= 4 is 39.5 Å². The van der Waals surface area contributed by atoms with E-state index in [0.29, 0.717) is 37.4 Å². The number of halogens is 2. The first-order valence-electron chi connectivity index (χ1n) is 7.27. The predicted octanol–water partition coefficient (Wildman–Crippen LogP) is 1.54. The van der Waals surface area contributed by atoms with Gasteiger partial charge in [0.25, 0.3) is 0 Å². The van der Waals surface area contributed by atoms with Crippen molar-refractivity contribution in [1.82, 2.24) is 15.0 Å². The molecule has 4 heterocycles. The Balaban J connectivity index is 2.06. The summed E-state index contributed by atoms with van der Waals surface area (Å²) >= 11 is 4.39. The van der Waals surface area contributed by atoms with Gasteiger partial charge in [-0.25, -0.2) is 4.39 Å². The third-order valence-corrected chi connectivity index (χ3v) is 5.45. The summed E-state index contributed by atoms with van der Waals surface area (Å²) < 4.78 is 37.5. The van der Waals surface area contributed by atoms with Crippen molar-refractivity contribution in [2.45, 2.75) is 17.1 Å². The molecule has 2 aliphatic rings. The maximum atomic E-state index is 14.5. The van der Waals surface area contributed by atoms with Crippen LogP contribution < -0.4 is 9.64 Å². The highest BCUT2D eigenvalue weighted by atomic mass is 35.5. The Morgan fingerprint density at radius 1 is 1.33 bits per heavy atom. The molecule has 2 aromatic rings. The van der Waals surface area contributed by atoms with Crippen LogP contribution >= 0.6 is 11.6 Å². The fourth-order valence-corrected chi connectivity index (χ4v) is 3.56. The molecule has 4 rings (SSSR count). The molecule has 1 saturated heterocycles. The van der Waals surface area contributed by atoms with Crippen LogP contribution in [-0.4, -0.2) is 58.2 Å². The summed E-state index contributed by atoms with van der Waals surface area (Å²) in [5.41, 5.74) is -0.328. The number of aromatic nitrogens is 3. The van der Waals surface area contributed by atoms with Gasteiger partial charge in [-0.15, -0.1) is 0 Å². The van der Waals surface area contributed by atoms with E-state index in [1.54, 1.807) is 0 Å². The Morgan fingerprint density at radius 2 is 2.08 bits per heavy atom. The zero-order valence-electron chi connectivity index (χ0n) is 13.0. The fourth-order valence-electron chi connectivity index (χ4n) is 2.96. The van der Waals surface area contributed by atoms with E-state index in [-0.39, 0.29) is 27.2 Å². The van der Waals surface area contributed by atoms with Crippen molar-refractivity contribution < 1.29 is 18.4 Å². The fraction of sp³-hybridized carbons (Fsp3) is 0.500. The molecule has 0 saturated carbocycles. The lowest BCUT2D eigenvalue weighted by molar-refractivity contribution is -0.0646. The molecule has 0 aromatic carbocycles. The number of hydrogen-bond acceptors (Lipinski definition) is 7. The second kappa shape index (κ2) is 5.55. The Morgan fingerprint density at radius 3 is 2.71 bits per heavy atom. The van der Waals surface area contributed by atoms with Crippen LogP contribution in [0.2, 0.25) is 5.15 Å². The molecule has 24 heavy (non-hydrogen) atoms. The molecular weight excluding hydrogens is 359 g/mol. The summed E-state index contributed by atoms with van der Waals surface area (Å²) in [5.74, 6) is -0.171. The molecule has 1 unspecified atom stereocenters. The Labute approximate surface area is 145 Å². The van der Waals surface area contributed by atoms with Gasteiger partial charge in [-0.2, -0.15) is 15.0 Å².